The Kier molecular flexibility index (Phi) is 6.73. The molecule has 0 aliphatic rings. The molecule has 4 nitrogen and oxygen atoms in total. The number of methoxy groups -OCH3 is 1. The molecular formula is C20H24N2O2. The Hall–Kier alpha value is -2.43. The summed E-state index contributed by atoms with van der Waals surface area (Å²) in [6.45, 7) is 2.23. The number of likely N-dealkylation sites (N-methyl/N-ethyl adjacent to an activating group) is 1. The summed E-state index contributed by atoms with van der Waals surface area (Å²) in [7, 11) is 3.65. The highest BCUT2D eigenvalue weighted by Crippen LogP contribution is 2.13. The molecule has 0 atom stereocenters. The van der Waals surface area contributed by atoms with E-state index in [1.807, 2.05) is 61.7 Å². The molecule has 0 saturated heterocycles. The molecule has 0 aliphatic heterocycles. The molecule has 0 fully saturated rings. The van der Waals surface area contributed by atoms with E-state index in [1.165, 1.54) is 0 Å². The van der Waals surface area contributed by atoms with E-state index in [-0.39, 0.29) is 5.78 Å². The fraction of sp³-hybridized carbons (Fsp3) is 0.250. The largest absolute Gasteiger partial charge is 0.497 e. The van der Waals surface area contributed by atoms with Crippen molar-refractivity contribution in [2.24, 2.45) is 5.73 Å². The van der Waals surface area contributed by atoms with Crippen LogP contribution >= 0.6 is 0 Å². The van der Waals surface area contributed by atoms with Gasteiger partial charge in [0.2, 0.25) is 0 Å². The second-order valence-electron chi connectivity index (χ2n) is 5.70. The summed E-state index contributed by atoms with van der Waals surface area (Å²) < 4.78 is 5.12. The summed E-state index contributed by atoms with van der Waals surface area (Å²) in [5.41, 5.74) is 8.32. The normalized spacial score (nSPS) is 11.2. The van der Waals surface area contributed by atoms with Gasteiger partial charge in [-0.15, -0.1) is 0 Å². The van der Waals surface area contributed by atoms with E-state index in [2.05, 4.69) is 4.90 Å². The zero-order valence-corrected chi connectivity index (χ0v) is 14.2. The first-order chi connectivity index (χ1) is 11.6. The maximum atomic E-state index is 12.4. The number of allylic oxidation sites excluding steroid dienone is 1. The van der Waals surface area contributed by atoms with Crippen LogP contribution in [0.5, 0.6) is 5.75 Å². The number of ether oxygens (including phenoxy) is 1. The molecule has 0 radical (unpaired) electrons. The second-order valence-corrected chi connectivity index (χ2v) is 5.70. The van der Waals surface area contributed by atoms with Gasteiger partial charge in [-0.25, -0.2) is 0 Å². The highest BCUT2D eigenvalue weighted by Gasteiger charge is 2.05. The van der Waals surface area contributed by atoms with Crippen LogP contribution in [0.15, 0.2) is 54.6 Å². The minimum absolute atomic E-state index is 0.00542. The Morgan fingerprint density at radius 1 is 1.21 bits per heavy atom. The van der Waals surface area contributed by atoms with E-state index in [0.29, 0.717) is 12.1 Å². The van der Waals surface area contributed by atoms with Crippen LogP contribution in [0.2, 0.25) is 0 Å². The molecule has 2 N–H and O–H groups in total. The lowest BCUT2D eigenvalue weighted by molar-refractivity contribution is 0.104. The monoisotopic (exact) mass is 324 g/mol. The van der Waals surface area contributed by atoms with Crippen molar-refractivity contribution in [3.8, 4) is 5.75 Å². The second kappa shape index (κ2) is 9.01. The summed E-state index contributed by atoms with van der Waals surface area (Å²) in [6.07, 6.45) is 3.42. The van der Waals surface area contributed by atoms with Crippen molar-refractivity contribution in [1.82, 2.24) is 4.90 Å². The Morgan fingerprint density at radius 2 is 1.96 bits per heavy atom. The van der Waals surface area contributed by atoms with Crippen LogP contribution in [0.25, 0.3) is 6.08 Å². The summed E-state index contributed by atoms with van der Waals surface area (Å²) in [5, 5.41) is 0. The zero-order valence-electron chi connectivity index (χ0n) is 14.2. The van der Waals surface area contributed by atoms with Gasteiger partial charge in [0.25, 0.3) is 0 Å². The van der Waals surface area contributed by atoms with Crippen molar-refractivity contribution < 1.29 is 9.53 Å². The van der Waals surface area contributed by atoms with Crippen molar-refractivity contribution in [2.75, 3.05) is 27.2 Å². The quantitative estimate of drug-likeness (QED) is 0.599. The lowest BCUT2D eigenvalue weighted by atomic mass is 10.1. The van der Waals surface area contributed by atoms with Crippen LogP contribution in [-0.4, -0.2) is 37.9 Å². The van der Waals surface area contributed by atoms with Gasteiger partial charge in [0.1, 0.15) is 5.75 Å². The van der Waals surface area contributed by atoms with Crippen molar-refractivity contribution in [3.63, 3.8) is 0 Å². The number of hydrogen-bond donors (Lipinski definition) is 1. The molecule has 0 aromatic heterocycles. The predicted octanol–water partition coefficient (Wildman–Crippen LogP) is 2.98. The number of nitrogens with two attached hydrogens (primary N) is 1. The number of rotatable bonds is 8. The first-order valence-electron chi connectivity index (χ1n) is 7.96. The molecule has 126 valence electrons. The molecule has 2 aromatic carbocycles. The van der Waals surface area contributed by atoms with Crippen LogP contribution < -0.4 is 10.5 Å². The standard InChI is InChI=1S/C20H24N2O2/c1-22(13-12-21)15-17-4-3-5-18(14-17)20(23)11-8-16-6-9-19(24-2)10-7-16/h3-11,14H,12-13,15,21H2,1-2H3/b11-8+. The minimum atomic E-state index is -0.00542. The number of carbonyl (C=O) groups excluding carboxylic acids is 1. The third kappa shape index (κ3) is 5.33. The maximum absolute atomic E-state index is 12.4. The predicted molar refractivity (Wildman–Crippen MR) is 98.2 cm³/mol. The van der Waals surface area contributed by atoms with Gasteiger partial charge in [-0.1, -0.05) is 36.4 Å². The fourth-order valence-electron chi connectivity index (χ4n) is 2.42. The van der Waals surface area contributed by atoms with E-state index < -0.39 is 0 Å². The molecular weight excluding hydrogens is 300 g/mol. The highest BCUT2D eigenvalue weighted by molar-refractivity contribution is 6.06. The summed E-state index contributed by atoms with van der Waals surface area (Å²) in [6, 6.07) is 15.3. The van der Waals surface area contributed by atoms with Crippen LogP contribution in [0, 0.1) is 0 Å². The Morgan fingerprint density at radius 3 is 2.62 bits per heavy atom. The number of hydrogen-bond acceptors (Lipinski definition) is 4. The fourth-order valence-corrected chi connectivity index (χ4v) is 2.42. The SMILES string of the molecule is COc1ccc(/C=C/C(=O)c2cccc(CN(C)CCN)c2)cc1. The van der Waals surface area contributed by atoms with Crippen LogP contribution in [0.3, 0.4) is 0 Å². The van der Waals surface area contributed by atoms with E-state index in [9.17, 15) is 4.79 Å². The zero-order chi connectivity index (χ0) is 17.4. The molecule has 4 heteroatoms. The van der Waals surface area contributed by atoms with Crippen LogP contribution in [0.1, 0.15) is 21.5 Å². The van der Waals surface area contributed by atoms with Gasteiger partial charge in [-0.2, -0.15) is 0 Å². The van der Waals surface area contributed by atoms with Gasteiger partial charge in [-0.05, 0) is 42.4 Å². The number of carbonyl (C=O) groups is 1. The number of benzene rings is 2. The van der Waals surface area contributed by atoms with E-state index in [1.54, 1.807) is 13.2 Å². The third-order valence-corrected chi connectivity index (χ3v) is 3.72. The van der Waals surface area contributed by atoms with Crippen molar-refractivity contribution in [2.45, 2.75) is 6.54 Å². The Bertz CT molecular complexity index is 693. The van der Waals surface area contributed by atoms with E-state index in [0.717, 1.165) is 30.0 Å². The molecule has 0 amide bonds. The smallest absolute Gasteiger partial charge is 0.185 e. The average molecular weight is 324 g/mol. The topological polar surface area (TPSA) is 55.6 Å². The Labute approximate surface area is 143 Å². The van der Waals surface area contributed by atoms with Crippen LogP contribution in [0.4, 0.5) is 0 Å². The van der Waals surface area contributed by atoms with Crippen molar-refractivity contribution >= 4 is 11.9 Å². The molecule has 24 heavy (non-hydrogen) atoms. The molecule has 0 saturated carbocycles. The van der Waals surface area contributed by atoms with E-state index >= 15 is 0 Å². The Balaban J connectivity index is 2.04. The maximum Gasteiger partial charge on any atom is 0.185 e. The molecule has 0 heterocycles. The summed E-state index contributed by atoms with van der Waals surface area (Å²) in [5.74, 6) is 0.793. The lowest BCUT2D eigenvalue weighted by Crippen LogP contribution is -2.25. The molecule has 2 aromatic rings. The van der Waals surface area contributed by atoms with Gasteiger partial charge in [0, 0.05) is 25.2 Å². The van der Waals surface area contributed by atoms with Crippen LogP contribution in [-0.2, 0) is 6.54 Å². The minimum Gasteiger partial charge on any atom is -0.497 e. The summed E-state index contributed by atoms with van der Waals surface area (Å²) in [4.78, 5) is 14.5. The first kappa shape index (κ1) is 17.9. The van der Waals surface area contributed by atoms with Gasteiger partial charge >= 0.3 is 0 Å². The molecule has 0 unspecified atom stereocenters. The van der Waals surface area contributed by atoms with Gasteiger partial charge in [-0.3, -0.25) is 4.79 Å². The lowest BCUT2D eigenvalue weighted by Gasteiger charge is -2.15. The highest BCUT2D eigenvalue weighted by atomic mass is 16.5. The van der Waals surface area contributed by atoms with Gasteiger partial charge in [0.15, 0.2) is 5.78 Å². The number of nitrogens with zero attached hydrogens (tertiary/aromatic N) is 1. The van der Waals surface area contributed by atoms with Gasteiger partial charge < -0.3 is 15.4 Å². The van der Waals surface area contributed by atoms with E-state index in [4.69, 9.17) is 10.5 Å². The van der Waals surface area contributed by atoms with Gasteiger partial charge in [0.05, 0.1) is 7.11 Å². The average Bonchev–Trinajstić information content (AvgIpc) is 2.60. The molecule has 2 rings (SSSR count). The van der Waals surface area contributed by atoms with Crippen molar-refractivity contribution in [1.29, 1.82) is 0 Å². The molecule has 0 aliphatic carbocycles. The number of ketones is 1. The molecule has 0 bridgehead atoms. The summed E-state index contributed by atoms with van der Waals surface area (Å²) >= 11 is 0. The molecule has 0 spiro atoms. The van der Waals surface area contributed by atoms with Crippen molar-refractivity contribution in [3.05, 3.63) is 71.3 Å². The third-order valence-electron chi connectivity index (χ3n) is 3.72. The first-order valence-corrected chi connectivity index (χ1v) is 7.96.